The molecule has 0 saturated carbocycles. The van der Waals surface area contributed by atoms with E-state index in [0.29, 0.717) is 31.9 Å². The molecular formula is C11H21N3O3. The summed E-state index contributed by atoms with van der Waals surface area (Å²) < 4.78 is 12.5. The van der Waals surface area contributed by atoms with Gasteiger partial charge in [-0.2, -0.15) is 0 Å². The first-order valence-corrected chi connectivity index (χ1v) is 5.98. The molecular weight excluding hydrogens is 222 g/mol. The van der Waals surface area contributed by atoms with Crippen molar-refractivity contribution in [3.63, 3.8) is 0 Å². The van der Waals surface area contributed by atoms with E-state index in [1.807, 2.05) is 13.8 Å². The maximum atomic E-state index is 9.19. The molecule has 0 saturated heterocycles. The summed E-state index contributed by atoms with van der Waals surface area (Å²) >= 11 is 0. The minimum Gasteiger partial charge on any atom is -0.393 e. The summed E-state index contributed by atoms with van der Waals surface area (Å²) in [7, 11) is 0. The second-order valence-electron chi connectivity index (χ2n) is 3.79. The molecule has 1 heterocycles. The van der Waals surface area contributed by atoms with Gasteiger partial charge >= 0.3 is 0 Å². The number of rotatable bonds is 8. The highest BCUT2D eigenvalue weighted by molar-refractivity contribution is 4.94. The van der Waals surface area contributed by atoms with Crippen molar-refractivity contribution in [1.82, 2.24) is 15.0 Å². The van der Waals surface area contributed by atoms with Crippen molar-refractivity contribution in [2.45, 2.75) is 46.1 Å². The third-order valence-corrected chi connectivity index (χ3v) is 2.21. The van der Waals surface area contributed by atoms with Crippen molar-refractivity contribution >= 4 is 0 Å². The van der Waals surface area contributed by atoms with Gasteiger partial charge < -0.3 is 14.6 Å². The zero-order chi connectivity index (χ0) is 12.7. The van der Waals surface area contributed by atoms with Crippen LogP contribution in [-0.2, 0) is 16.0 Å². The molecule has 0 aliphatic rings. The normalized spacial score (nSPS) is 13.2. The lowest BCUT2D eigenvalue weighted by molar-refractivity contribution is -0.142. The highest BCUT2D eigenvalue weighted by Crippen LogP contribution is 2.15. The number of ether oxygens (including phenoxy) is 2. The standard InChI is InChI=1S/C11H21N3O3/c1-4-16-11(17-5-2)10-8-14(13-12-10)7-6-9(3)15/h8-9,11,15H,4-7H2,1-3H3. The summed E-state index contributed by atoms with van der Waals surface area (Å²) in [6.07, 6.45) is 1.65. The zero-order valence-electron chi connectivity index (χ0n) is 10.7. The summed E-state index contributed by atoms with van der Waals surface area (Å²) in [6, 6.07) is 0. The Hall–Kier alpha value is -0.980. The summed E-state index contributed by atoms with van der Waals surface area (Å²) in [6.45, 7) is 7.32. The van der Waals surface area contributed by atoms with Gasteiger partial charge in [0, 0.05) is 19.8 Å². The van der Waals surface area contributed by atoms with Gasteiger partial charge in [0.05, 0.1) is 12.3 Å². The van der Waals surface area contributed by atoms with Crippen molar-refractivity contribution in [3.05, 3.63) is 11.9 Å². The number of nitrogens with zero attached hydrogens (tertiary/aromatic N) is 3. The minimum absolute atomic E-state index is 0.336. The maximum absolute atomic E-state index is 9.19. The zero-order valence-corrected chi connectivity index (χ0v) is 10.7. The topological polar surface area (TPSA) is 69.4 Å². The van der Waals surface area contributed by atoms with Crippen LogP contribution in [0.3, 0.4) is 0 Å². The van der Waals surface area contributed by atoms with Gasteiger partial charge in [-0.05, 0) is 27.2 Å². The third kappa shape index (κ3) is 4.80. The third-order valence-electron chi connectivity index (χ3n) is 2.21. The maximum Gasteiger partial charge on any atom is 0.204 e. The van der Waals surface area contributed by atoms with Crippen LogP contribution in [0.4, 0.5) is 0 Å². The van der Waals surface area contributed by atoms with Crippen LogP contribution in [0.1, 0.15) is 39.2 Å². The van der Waals surface area contributed by atoms with Crippen LogP contribution in [0, 0.1) is 0 Å². The first-order chi connectivity index (χ1) is 8.17. The molecule has 6 nitrogen and oxygen atoms in total. The van der Waals surface area contributed by atoms with Gasteiger partial charge in [-0.25, -0.2) is 0 Å². The largest absolute Gasteiger partial charge is 0.393 e. The Bertz CT molecular complexity index is 309. The molecule has 6 heteroatoms. The Balaban J connectivity index is 2.57. The van der Waals surface area contributed by atoms with Crippen LogP contribution < -0.4 is 0 Å². The number of aliphatic hydroxyl groups is 1. The van der Waals surface area contributed by atoms with E-state index in [1.54, 1.807) is 17.8 Å². The quantitative estimate of drug-likeness (QED) is 0.693. The minimum atomic E-state index is -0.453. The molecule has 0 aliphatic heterocycles. The smallest absolute Gasteiger partial charge is 0.204 e. The molecule has 0 aliphatic carbocycles. The number of hydrogen-bond donors (Lipinski definition) is 1. The summed E-state index contributed by atoms with van der Waals surface area (Å²) in [5, 5.41) is 17.2. The second kappa shape index (κ2) is 7.37. The fourth-order valence-corrected chi connectivity index (χ4v) is 1.37. The van der Waals surface area contributed by atoms with Gasteiger partial charge in [0.1, 0.15) is 5.69 Å². The van der Waals surface area contributed by atoms with Crippen molar-refractivity contribution in [1.29, 1.82) is 0 Å². The molecule has 98 valence electrons. The fraction of sp³-hybridized carbons (Fsp3) is 0.818. The van der Waals surface area contributed by atoms with E-state index in [2.05, 4.69) is 10.3 Å². The molecule has 1 atom stereocenters. The highest BCUT2D eigenvalue weighted by atomic mass is 16.7. The monoisotopic (exact) mass is 243 g/mol. The molecule has 0 amide bonds. The molecule has 1 unspecified atom stereocenters. The molecule has 0 radical (unpaired) electrons. The van der Waals surface area contributed by atoms with E-state index in [0.717, 1.165) is 0 Å². The summed E-state index contributed by atoms with van der Waals surface area (Å²) in [5.74, 6) is 0. The molecule has 0 spiro atoms. The molecule has 1 aromatic rings. The van der Waals surface area contributed by atoms with E-state index in [-0.39, 0.29) is 6.10 Å². The average molecular weight is 243 g/mol. The van der Waals surface area contributed by atoms with Gasteiger partial charge in [-0.15, -0.1) is 5.10 Å². The van der Waals surface area contributed by atoms with E-state index >= 15 is 0 Å². The molecule has 0 fully saturated rings. The van der Waals surface area contributed by atoms with E-state index in [1.165, 1.54) is 0 Å². The summed E-state index contributed by atoms with van der Waals surface area (Å²) in [4.78, 5) is 0. The lowest BCUT2D eigenvalue weighted by Gasteiger charge is -2.13. The highest BCUT2D eigenvalue weighted by Gasteiger charge is 2.15. The SMILES string of the molecule is CCOC(OCC)c1cn(CCC(C)O)nn1. The van der Waals surface area contributed by atoms with Crippen LogP contribution in [0.2, 0.25) is 0 Å². The van der Waals surface area contributed by atoms with Crippen LogP contribution in [0.25, 0.3) is 0 Å². The lowest BCUT2D eigenvalue weighted by Crippen LogP contribution is -2.09. The molecule has 0 bridgehead atoms. The number of aromatic nitrogens is 3. The van der Waals surface area contributed by atoms with Crippen molar-refractivity contribution < 1.29 is 14.6 Å². The predicted molar refractivity (Wildman–Crippen MR) is 62.3 cm³/mol. The first-order valence-electron chi connectivity index (χ1n) is 5.98. The van der Waals surface area contributed by atoms with Crippen molar-refractivity contribution in [3.8, 4) is 0 Å². The molecule has 17 heavy (non-hydrogen) atoms. The molecule has 1 N–H and O–H groups in total. The number of hydrogen-bond acceptors (Lipinski definition) is 5. The Morgan fingerprint density at radius 3 is 2.53 bits per heavy atom. The van der Waals surface area contributed by atoms with Crippen LogP contribution >= 0.6 is 0 Å². The number of aliphatic hydroxyl groups excluding tert-OH is 1. The van der Waals surface area contributed by atoms with Crippen LogP contribution in [-0.4, -0.2) is 39.4 Å². The average Bonchev–Trinajstić information content (AvgIpc) is 2.74. The van der Waals surface area contributed by atoms with Crippen molar-refractivity contribution in [2.75, 3.05) is 13.2 Å². The van der Waals surface area contributed by atoms with Gasteiger partial charge in [0.2, 0.25) is 6.29 Å². The second-order valence-corrected chi connectivity index (χ2v) is 3.79. The van der Waals surface area contributed by atoms with Gasteiger partial charge in [0.15, 0.2) is 0 Å². The van der Waals surface area contributed by atoms with E-state index in [4.69, 9.17) is 9.47 Å². The lowest BCUT2D eigenvalue weighted by atomic mass is 10.3. The van der Waals surface area contributed by atoms with E-state index < -0.39 is 6.29 Å². The fourth-order valence-electron chi connectivity index (χ4n) is 1.37. The van der Waals surface area contributed by atoms with Crippen LogP contribution in [0.15, 0.2) is 6.20 Å². The van der Waals surface area contributed by atoms with Crippen LogP contribution in [0.5, 0.6) is 0 Å². The Kier molecular flexibility index (Phi) is 6.10. The predicted octanol–water partition coefficient (Wildman–Crippen LogP) is 1.12. The van der Waals surface area contributed by atoms with Gasteiger partial charge in [-0.3, -0.25) is 4.68 Å². The van der Waals surface area contributed by atoms with Gasteiger partial charge in [-0.1, -0.05) is 5.21 Å². The summed E-state index contributed by atoms with van der Waals surface area (Å²) in [5.41, 5.74) is 0.666. The first kappa shape index (κ1) is 14.1. The Morgan fingerprint density at radius 2 is 2.00 bits per heavy atom. The molecule has 1 rings (SSSR count). The number of aryl methyl sites for hydroxylation is 1. The molecule has 0 aromatic carbocycles. The van der Waals surface area contributed by atoms with Crippen molar-refractivity contribution in [2.24, 2.45) is 0 Å². The Labute approximate surface area is 102 Å². The van der Waals surface area contributed by atoms with Gasteiger partial charge in [0.25, 0.3) is 0 Å². The Morgan fingerprint density at radius 1 is 1.35 bits per heavy atom. The van der Waals surface area contributed by atoms with E-state index in [9.17, 15) is 5.11 Å². The molecule has 1 aromatic heterocycles.